The zero-order valence-electron chi connectivity index (χ0n) is 8.21. The normalized spacial score (nSPS) is 49.2. The lowest BCUT2D eigenvalue weighted by Crippen LogP contribution is -2.43. The Kier molecular flexibility index (Phi) is 1.95. The summed E-state index contributed by atoms with van der Waals surface area (Å²) in [6, 6.07) is 0. The topological polar surface area (TPSA) is 20.2 Å². The van der Waals surface area contributed by atoms with Crippen LogP contribution in [0.5, 0.6) is 0 Å². The molecule has 2 aliphatic carbocycles. The fraction of sp³-hybridized carbons (Fsp3) is 1.00. The molecule has 70 valence electrons. The SMILES string of the molecule is CC1CCC(O)(C2CC2)C(C)C1. The lowest BCUT2D eigenvalue weighted by molar-refractivity contribution is -0.0708. The molecule has 0 aliphatic heterocycles. The molecule has 1 heteroatoms. The standard InChI is InChI=1S/C11H20O/c1-8-5-6-11(12,9(2)7-8)10-3-4-10/h8-10,12H,3-7H2,1-2H3. The Morgan fingerprint density at radius 1 is 1.17 bits per heavy atom. The van der Waals surface area contributed by atoms with E-state index >= 15 is 0 Å². The molecule has 1 N–H and O–H groups in total. The second-order valence-corrected chi connectivity index (χ2v) is 5.05. The van der Waals surface area contributed by atoms with E-state index in [0.717, 1.165) is 12.3 Å². The van der Waals surface area contributed by atoms with Crippen molar-refractivity contribution in [2.45, 2.75) is 51.6 Å². The Bertz CT molecular complexity index is 174. The zero-order valence-corrected chi connectivity index (χ0v) is 8.21. The third-order valence-electron chi connectivity index (χ3n) is 3.93. The lowest BCUT2D eigenvalue weighted by atomic mass is 9.70. The van der Waals surface area contributed by atoms with E-state index < -0.39 is 0 Å². The predicted octanol–water partition coefficient (Wildman–Crippen LogP) is 2.58. The molecule has 0 aromatic heterocycles. The first-order chi connectivity index (χ1) is 5.63. The molecule has 12 heavy (non-hydrogen) atoms. The van der Waals surface area contributed by atoms with Crippen LogP contribution in [-0.2, 0) is 0 Å². The van der Waals surface area contributed by atoms with Gasteiger partial charge in [0.2, 0.25) is 0 Å². The third-order valence-corrected chi connectivity index (χ3v) is 3.93. The molecule has 2 rings (SSSR count). The van der Waals surface area contributed by atoms with Crippen LogP contribution in [0, 0.1) is 17.8 Å². The van der Waals surface area contributed by atoms with E-state index in [1.165, 1.54) is 25.7 Å². The maximum atomic E-state index is 10.4. The van der Waals surface area contributed by atoms with Crippen molar-refractivity contribution in [1.82, 2.24) is 0 Å². The molecule has 0 heterocycles. The van der Waals surface area contributed by atoms with Crippen LogP contribution in [0.1, 0.15) is 46.0 Å². The summed E-state index contributed by atoms with van der Waals surface area (Å²) in [5.41, 5.74) is -0.271. The fourth-order valence-corrected chi connectivity index (χ4v) is 2.84. The molecular weight excluding hydrogens is 148 g/mol. The summed E-state index contributed by atoms with van der Waals surface area (Å²) in [4.78, 5) is 0. The van der Waals surface area contributed by atoms with Gasteiger partial charge in [-0.05, 0) is 49.9 Å². The smallest absolute Gasteiger partial charge is 0.0701 e. The van der Waals surface area contributed by atoms with E-state index in [1.54, 1.807) is 0 Å². The monoisotopic (exact) mass is 168 g/mol. The van der Waals surface area contributed by atoms with Gasteiger partial charge in [-0.25, -0.2) is 0 Å². The summed E-state index contributed by atoms with van der Waals surface area (Å²) >= 11 is 0. The van der Waals surface area contributed by atoms with Crippen molar-refractivity contribution >= 4 is 0 Å². The van der Waals surface area contributed by atoms with Gasteiger partial charge >= 0.3 is 0 Å². The van der Waals surface area contributed by atoms with Gasteiger partial charge in [0.1, 0.15) is 0 Å². The highest BCUT2D eigenvalue weighted by Crippen LogP contribution is 2.50. The quantitative estimate of drug-likeness (QED) is 0.638. The first-order valence-electron chi connectivity index (χ1n) is 5.35. The lowest BCUT2D eigenvalue weighted by Gasteiger charge is -2.41. The van der Waals surface area contributed by atoms with Crippen molar-refractivity contribution in [2.75, 3.05) is 0 Å². The van der Waals surface area contributed by atoms with Gasteiger partial charge in [0.05, 0.1) is 5.60 Å². The molecule has 2 saturated carbocycles. The second-order valence-electron chi connectivity index (χ2n) is 5.05. The van der Waals surface area contributed by atoms with Crippen LogP contribution >= 0.6 is 0 Å². The largest absolute Gasteiger partial charge is 0.389 e. The maximum Gasteiger partial charge on any atom is 0.0701 e. The third kappa shape index (κ3) is 1.28. The van der Waals surface area contributed by atoms with Gasteiger partial charge in [-0.2, -0.15) is 0 Å². The summed E-state index contributed by atoms with van der Waals surface area (Å²) in [6.07, 6.45) is 6.06. The van der Waals surface area contributed by atoms with Gasteiger partial charge in [-0.15, -0.1) is 0 Å². The maximum absolute atomic E-state index is 10.4. The molecule has 0 amide bonds. The van der Waals surface area contributed by atoms with E-state index in [2.05, 4.69) is 13.8 Å². The van der Waals surface area contributed by atoms with Crippen LogP contribution in [0.3, 0.4) is 0 Å². The van der Waals surface area contributed by atoms with E-state index in [9.17, 15) is 5.11 Å². The number of hydrogen-bond acceptors (Lipinski definition) is 1. The number of hydrogen-bond donors (Lipinski definition) is 1. The van der Waals surface area contributed by atoms with Gasteiger partial charge < -0.3 is 5.11 Å². The minimum absolute atomic E-state index is 0.271. The molecule has 0 aromatic carbocycles. The molecule has 0 radical (unpaired) electrons. The van der Waals surface area contributed by atoms with Gasteiger partial charge in [0.15, 0.2) is 0 Å². The van der Waals surface area contributed by atoms with Crippen LogP contribution < -0.4 is 0 Å². The Hall–Kier alpha value is -0.0400. The molecule has 0 saturated heterocycles. The zero-order chi connectivity index (χ0) is 8.77. The minimum atomic E-state index is -0.271. The molecule has 2 aliphatic rings. The molecule has 0 bridgehead atoms. The highest BCUT2D eigenvalue weighted by atomic mass is 16.3. The highest BCUT2D eigenvalue weighted by molar-refractivity contribution is 5.00. The van der Waals surface area contributed by atoms with E-state index in [0.29, 0.717) is 11.8 Å². The Morgan fingerprint density at radius 3 is 2.33 bits per heavy atom. The Morgan fingerprint density at radius 2 is 1.83 bits per heavy atom. The van der Waals surface area contributed by atoms with Crippen molar-refractivity contribution in [1.29, 1.82) is 0 Å². The van der Waals surface area contributed by atoms with Crippen molar-refractivity contribution < 1.29 is 5.11 Å². The van der Waals surface area contributed by atoms with Gasteiger partial charge in [0.25, 0.3) is 0 Å². The first kappa shape index (κ1) is 8.55. The molecule has 0 spiro atoms. The van der Waals surface area contributed by atoms with Crippen molar-refractivity contribution in [2.24, 2.45) is 17.8 Å². The molecule has 1 nitrogen and oxygen atoms in total. The van der Waals surface area contributed by atoms with Crippen LogP contribution in [-0.4, -0.2) is 10.7 Å². The van der Waals surface area contributed by atoms with Crippen molar-refractivity contribution in [3.63, 3.8) is 0 Å². The van der Waals surface area contributed by atoms with Crippen LogP contribution in [0.15, 0.2) is 0 Å². The molecular formula is C11H20O. The van der Waals surface area contributed by atoms with Crippen LogP contribution in [0.4, 0.5) is 0 Å². The first-order valence-corrected chi connectivity index (χ1v) is 5.35. The summed E-state index contributed by atoms with van der Waals surface area (Å²) in [5.74, 6) is 2.02. The summed E-state index contributed by atoms with van der Waals surface area (Å²) in [5, 5.41) is 10.4. The van der Waals surface area contributed by atoms with Crippen LogP contribution in [0.2, 0.25) is 0 Å². The summed E-state index contributed by atoms with van der Waals surface area (Å²) < 4.78 is 0. The highest BCUT2D eigenvalue weighted by Gasteiger charge is 2.49. The Labute approximate surface area is 75.2 Å². The minimum Gasteiger partial charge on any atom is -0.389 e. The average Bonchev–Trinajstić information content (AvgIpc) is 2.80. The molecule has 3 atom stereocenters. The fourth-order valence-electron chi connectivity index (χ4n) is 2.84. The summed E-state index contributed by atoms with van der Waals surface area (Å²) in [6.45, 7) is 4.54. The van der Waals surface area contributed by atoms with E-state index in [-0.39, 0.29) is 5.60 Å². The van der Waals surface area contributed by atoms with Crippen LogP contribution in [0.25, 0.3) is 0 Å². The molecule has 2 fully saturated rings. The van der Waals surface area contributed by atoms with E-state index in [4.69, 9.17) is 0 Å². The second kappa shape index (κ2) is 2.73. The van der Waals surface area contributed by atoms with Gasteiger partial charge in [-0.3, -0.25) is 0 Å². The van der Waals surface area contributed by atoms with E-state index in [1.807, 2.05) is 0 Å². The van der Waals surface area contributed by atoms with Gasteiger partial charge in [0, 0.05) is 0 Å². The average molecular weight is 168 g/mol. The Balaban J connectivity index is 2.04. The number of rotatable bonds is 1. The van der Waals surface area contributed by atoms with Crippen molar-refractivity contribution in [3.05, 3.63) is 0 Å². The van der Waals surface area contributed by atoms with Crippen molar-refractivity contribution in [3.8, 4) is 0 Å². The predicted molar refractivity (Wildman–Crippen MR) is 49.9 cm³/mol. The molecule has 3 unspecified atom stereocenters. The number of aliphatic hydroxyl groups is 1. The summed E-state index contributed by atoms with van der Waals surface area (Å²) in [7, 11) is 0. The molecule has 0 aromatic rings. The van der Waals surface area contributed by atoms with Gasteiger partial charge in [-0.1, -0.05) is 13.8 Å².